The SMILES string of the molecule is O=C1[C@H]2[C@@H](ON(c3ccccc3)[C@H]2c2ccc(Cl)c([N+](=O)[O-])c2)C(=O)N1c1ccccc1. The number of anilines is 2. The third-order valence-corrected chi connectivity index (χ3v) is 5.97. The highest BCUT2D eigenvalue weighted by Gasteiger charge is 2.60. The van der Waals surface area contributed by atoms with Crippen LogP contribution in [0.3, 0.4) is 0 Å². The second kappa shape index (κ2) is 7.74. The molecule has 0 N–H and O–H groups in total. The van der Waals surface area contributed by atoms with Crippen LogP contribution in [0.5, 0.6) is 0 Å². The summed E-state index contributed by atoms with van der Waals surface area (Å²) < 4.78 is 0. The van der Waals surface area contributed by atoms with E-state index in [1.807, 2.05) is 6.07 Å². The molecule has 3 aromatic carbocycles. The third kappa shape index (κ3) is 3.12. The van der Waals surface area contributed by atoms with Gasteiger partial charge in [-0.3, -0.25) is 24.5 Å². The predicted octanol–water partition coefficient (Wildman–Crippen LogP) is 4.30. The predicted molar refractivity (Wildman–Crippen MR) is 117 cm³/mol. The van der Waals surface area contributed by atoms with E-state index in [0.717, 1.165) is 4.90 Å². The standard InChI is InChI=1S/C23H16ClN3O5/c24-17-12-11-14(13-18(17)27(30)31)20-19-21(32-26(20)16-9-5-2-6-10-16)23(29)25(22(19)28)15-7-3-1-4-8-15/h1-13,19-21H/t19-,20+,21-/m1/s1. The molecule has 0 radical (unpaired) electrons. The summed E-state index contributed by atoms with van der Waals surface area (Å²) in [6.45, 7) is 0. The van der Waals surface area contributed by atoms with Crippen molar-refractivity contribution in [1.29, 1.82) is 0 Å². The fourth-order valence-corrected chi connectivity index (χ4v) is 4.42. The number of hydrogen-bond acceptors (Lipinski definition) is 6. The second-order valence-electron chi connectivity index (χ2n) is 7.47. The number of benzene rings is 3. The van der Waals surface area contributed by atoms with Crippen molar-refractivity contribution in [2.75, 3.05) is 9.96 Å². The fraction of sp³-hybridized carbons (Fsp3) is 0.130. The quantitative estimate of drug-likeness (QED) is 0.335. The van der Waals surface area contributed by atoms with Gasteiger partial charge in [0.15, 0.2) is 6.10 Å². The van der Waals surface area contributed by atoms with Crippen molar-refractivity contribution >= 4 is 40.5 Å². The first-order valence-electron chi connectivity index (χ1n) is 9.85. The Morgan fingerprint density at radius 3 is 2.12 bits per heavy atom. The van der Waals surface area contributed by atoms with Gasteiger partial charge >= 0.3 is 0 Å². The van der Waals surface area contributed by atoms with Crippen LogP contribution in [0.2, 0.25) is 5.02 Å². The maximum atomic E-state index is 13.5. The highest BCUT2D eigenvalue weighted by atomic mass is 35.5. The fourth-order valence-electron chi connectivity index (χ4n) is 4.24. The highest BCUT2D eigenvalue weighted by molar-refractivity contribution is 6.32. The van der Waals surface area contributed by atoms with Crippen LogP contribution in [0, 0.1) is 16.0 Å². The summed E-state index contributed by atoms with van der Waals surface area (Å²) in [6, 6.07) is 21.2. The molecule has 5 rings (SSSR count). The van der Waals surface area contributed by atoms with Crippen molar-refractivity contribution in [2.24, 2.45) is 5.92 Å². The molecule has 2 heterocycles. The number of rotatable bonds is 4. The molecule has 0 unspecified atom stereocenters. The van der Waals surface area contributed by atoms with Gasteiger partial charge in [0.2, 0.25) is 5.91 Å². The lowest BCUT2D eigenvalue weighted by Gasteiger charge is -2.28. The minimum Gasteiger partial charge on any atom is -0.273 e. The maximum absolute atomic E-state index is 13.5. The van der Waals surface area contributed by atoms with Crippen LogP contribution in [0.4, 0.5) is 17.1 Å². The number of halogens is 1. The number of amides is 2. The Morgan fingerprint density at radius 2 is 1.50 bits per heavy atom. The Bertz CT molecular complexity index is 1220. The molecule has 3 aromatic rings. The molecule has 160 valence electrons. The number of fused-ring (bicyclic) bond motifs is 1. The topological polar surface area (TPSA) is 93.0 Å². The molecule has 2 saturated heterocycles. The molecular weight excluding hydrogens is 434 g/mol. The first-order chi connectivity index (χ1) is 15.5. The molecular formula is C23H16ClN3O5. The van der Waals surface area contributed by atoms with E-state index >= 15 is 0 Å². The molecule has 2 aliphatic rings. The van der Waals surface area contributed by atoms with E-state index < -0.39 is 34.8 Å². The first kappa shape index (κ1) is 20.2. The Balaban J connectivity index is 1.63. The van der Waals surface area contributed by atoms with Gasteiger partial charge in [0.25, 0.3) is 11.6 Å². The third-order valence-electron chi connectivity index (χ3n) is 5.65. The number of nitro groups is 1. The molecule has 2 amide bonds. The number of nitro benzene ring substituents is 1. The van der Waals surface area contributed by atoms with Crippen LogP contribution in [0.25, 0.3) is 0 Å². The van der Waals surface area contributed by atoms with E-state index in [0.29, 0.717) is 16.9 Å². The van der Waals surface area contributed by atoms with Crippen molar-refractivity contribution in [3.63, 3.8) is 0 Å². The van der Waals surface area contributed by atoms with Gasteiger partial charge in [-0.15, -0.1) is 0 Å². The summed E-state index contributed by atoms with van der Waals surface area (Å²) in [7, 11) is 0. The summed E-state index contributed by atoms with van der Waals surface area (Å²) >= 11 is 6.00. The van der Waals surface area contributed by atoms with E-state index in [1.54, 1.807) is 60.7 Å². The van der Waals surface area contributed by atoms with Crippen LogP contribution in [0.15, 0.2) is 78.9 Å². The number of para-hydroxylation sites is 2. The minimum absolute atomic E-state index is 0.0137. The van der Waals surface area contributed by atoms with Gasteiger partial charge in [0.05, 0.1) is 22.3 Å². The van der Waals surface area contributed by atoms with Crippen molar-refractivity contribution in [3.8, 4) is 0 Å². The zero-order valence-corrected chi connectivity index (χ0v) is 17.3. The van der Waals surface area contributed by atoms with Crippen LogP contribution in [0.1, 0.15) is 11.6 Å². The van der Waals surface area contributed by atoms with Crippen molar-refractivity contribution in [1.82, 2.24) is 0 Å². The number of carbonyl (C=O) groups is 2. The molecule has 9 heteroatoms. The van der Waals surface area contributed by atoms with Gasteiger partial charge in [-0.2, -0.15) is 0 Å². The van der Waals surface area contributed by atoms with Crippen LogP contribution in [-0.2, 0) is 14.4 Å². The van der Waals surface area contributed by atoms with Crippen molar-refractivity contribution in [2.45, 2.75) is 12.1 Å². The zero-order valence-electron chi connectivity index (χ0n) is 16.5. The molecule has 2 fully saturated rings. The molecule has 0 aromatic heterocycles. The smallest absolute Gasteiger partial charge is 0.273 e. The van der Waals surface area contributed by atoms with E-state index in [9.17, 15) is 19.7 Å². The van der Waals surface area contributed by atoms with Crippen LogP contribution < -0.4 is 9.96 Å². The average molecular weight is 450 g/mol. The maximum Gasteiger partial charge on any atom is 0.288 e. The summed E-state index contributed by atoms with van der Waals surface area (Å²) in [5.74, 6) is -1.78. The lowest BCUT2D eigenvalue weighted by atomic mass is 9.90. The molecule has 2 aliphatic heterocycles. The summed E-state index contributed by atoms with van der Waals surface area (Å²) in [5.41, 5.74) is 1.25. The Labute approximate surface area is 187 Å². The normalized spacial score (nSPS) is 22.3. The molecule has 0 spiro atoms. The number of nitrogens with zero attached hydrogens (tertiary/aromatic N) is 3. The molecule has 0 saturated carbocycles. The van der Waals surface area contributed by atoms with Crippen molar-refractivity contribution in [3.05, 3.63) is 99.6 Å². The van der Waals surface area contributed by atoms with Crippen molar-refractivity contribution < 1.29 is 19.3 Å². The van der Waals surface area contributed by atoms with E-state index in [2.05, 4.69) is 0 Å². The number of hydroxylamine groups is 1. The largest absolute Gasteiger partial charge is 0.288 e. The molecule has 3 atom stereocenters. The van der Waals surface area contributed by atoms with E-state index in [1.165, 1.54) is 17.2 Å². The highest BCUT2D eigenvalue weighted by Crippen LogP contribution is 2.48. The van der Waals surface area contributed by atoms with Gasteiger partial charge in [-0.25, -0.2) is 9.96 Å². The minimum atomic E-state index is -1.05. The van der Waals surface area contributed by atoms with Crippen LogP contribution >= 0.6 is 11.6 Å². The summed E-state index contributed by atoms with van der Waals surface area (Å²) in [4.78, 5) is 44.7. The van der Waals surface area contributed by atoms with E-state index in [4.69, 9.17) is 16.4 Å². The number of carbonyl (C=O) groups excluding carboxylic acids is 2. The monoisotopic (exact) mass is 449 g/mol. The van der Waals surface area contributed by atoms with Crippen LogP contribution in [-0.4, -0.2) is 22.8 Å². The Kier molecular flexibility index (Phi) is 4.88. The lowest BCUT2D eigenvalue weighted by Crippen LogP contribution is -2.37. The molecule has 0 bridgehead atoms. The van der Waals surface area contributed by atoms with E-state index in [-0.39, 0.29) is 10.7 Å². The summed E-state index contributed by atoms with van der Waals surface area (Å²) in [6.07, 6.45) is -1.05. The molecule has 32 heavy (non-hydrogen) atoms. The average Bonchev–Trinajstić information content (AvgIpc) is 3.31. The van der Waals surface area contributed by atoms with Gasteiger partial charge in [0.1, 0.15) is 10.9 Å². The lowest BCUT2D eigenvalue weighted by molar-refractivity contribution is -0.384. The van der Waals surface area contributed by atoms with Gasteiger partial charge in [-0.05, 0) is 35.9 Å². The molecule has 8 nitrogen and oxygen atoms in total. The molecule has 0 aliphatic carbocycles. The zero-order chi connectivity index (χ0) is 22.4. The number of imide groups is 1. The second-order valence-corrected chi connectivity index (χ2v) is 7.88. The summed E-state index contributed by atoms with van der Waals surface area (Å²) in [5, 5.41) is 12.9. The van der Waals surface area contributed by atoms with Gasteiger partial charge < -0.3 is 0 Å². The Hall–Kier alpha value is -3.75. The Morgan fingerprint density at radius 1 is 0.875 bits per heavy atom. The first-order valence-corrected chi connectivity index (χ1v) is 10.2. The van der Waals surface area contributed by atoms with Gasteiger partial charge in [-0.1, -0.05) is 54.1 Å². The number of hydrogen-bond donors (Lipinski definition) is 0. The van der Waals surface area contributed by atoms with Gasteiger partial charge in [0, 0.05) is 6.07 Å².